The Kier molecular flexibility index (Phi) is 3.78. The number of anilines is 1. The molecule has 2 rings (SSSR count). The minimum absolute atomic E-state index is 0.282. The molecule has 5 heteroatoms. The Morgan fingerprint density at radius 1 is 1.33 bits per heavy atom. The molecular formula is C16H19FNO3-. The molecule has 1 aromatic carbocycles. The van der Waals surface area contributed by atoms with E-state index >= 15 is 0 Å². The van der Waals surface area contributed by atoms with Crippen LogP contribution in [0.1, 0.15) is 33.6 Å². The Bertz CT molecular complexity index is 585. The van der Waals surface area contributed by atoms with Crippen molar-refractivity contribution in [1.29, 1.82) is 0 Å². The number of amides is 1. The van der Waals surface area contributed by atoms with Crippen molar-refractivity contribution in [2.45, 2.75) is 33.6 Å². The van der Waals surface area contributed by atoms with Crippen molar-refractivity contribution < 1.29 is 19.1 Å². The highest BCUT2D eigenvalue weighted by molar-refractivity contribution is 5.94. The van der Waals surface area contributed by atoms with Gasteiger partial charge in [-0.25, -0.2) is 4.39 Å². The first kappa shape index (κ1) is 15.5. The fourth-order valence-electron chi connectivity index (χ4n) is 3.12. The maximum absolute atomic E-state index is 13.1. The van der Waals surface area contributed by atoms with E-state index in [1.165, 1.54) is 18.2 Å². The molecule has 0 heterocycles. The van der Waals surface area contributed by atoms with Crippen LogP contribution in [-0.2, 0) is 9.59 Å². The maximum Gasteiger partial charge on any atom is 0.228 e. The molecule has 1 amide bonds. The van der Waals surface area contributed by atoms with Crippen LogP contribution in [0.2, 0.25) is 0 Å². The van der Waals surface area contributed by atoms with Crippen molar-refractivity contribution in [1.82, 2.24) is 0 Å². The third-order valence-corrected chi connectivity index (χ3v) is 5.09. The molecule has 4 nitrogen and oxygen atoms in total. The van der Waals surface area contributed by atoms with Gasteiger partial charge in [0.15, 0.2) is 0 Å². The number of halogens is 1. The van der Waals surface area contributed by atoms with Gasteiger partial charge in [0.25, 0.3) is 0 Å². The van der Waals surface area contributed by atoms with E-state index in [2.05, 4.69) is 5.32 Å². The van der Waals surface area contributed by atoms with E-state index in [0.717, 1.165) is 0 Å². The number of benzene rings is 1. The second-order valence-corrected chi connectivity index (χ2v) is 6.43. The van der Waals surface area contributed by atoms with E-state index in [9.17, 15) is 19.1 Å². The van der Waals surface area contributed by atoms with Gasteiger partial charge >= 0.3 is 0 Å². The van der Waals surface area contributed by atoms with Crippen LogP contribution in [0.3, 0.4) is 0 Å². The quantitative estimate of drug-likeness (QED) is 0.926. The Morgan fingerprint density at radius 3 is 2.52 bits per heavy atom. The van der Waals surface area contributed by atoms with Crippen LogP contribution >= 0.6 is 0 Å². The summed E-state index contributed by atoms with van der Waals surface area (Å²) in [6.07, 6.45) is 0.863. The monoisotopic (exact) mass is 292 g/mol. The lowest BCUT2D eigenvalue weighted by atomic mass is 9.65. The maximum atomic E-state index is 13.1. The first-order chi connectivity index (χ1) is 9.68. The van der Waals surface area contributed by atoms with Crippen LogP contribution in [0.4, 0.5) is 10.1 Å². The lowest BCUT2D eigenvalue weighted by Gasteiger charge is -2.41. The Balaban J connectivity index is 2.19. The van der Waals surface area contributed by atoms with Gasteiger partial charge in [0.2, 0.25) is 5.91 Å². The molecule has 1 aliphatic rings. The molecule has 114 valence electrons. The predicted molar refractivity (Wildman–Crippen MR) is 74.6 cm³/mol. The summed E-state index contributed by atoms with van der Waals surface area (Å²) in [5.74, 6) is -2.30. The molecule has 2 atom stereocenters. The summed E-state index contributed by atoms with van der Waals surface area (Å²) in [5.41, 5.74) is -1.40. The second-order valence-electron chi connectivity index (χ2n) is 6.43. The molecule has 21 heavy (non-hydrogen) atoms. The minimum atomic E-state index is -1.13. The van der Waals surface area contributed by atoms with Crippen LogP contribution in [0.25, 0.3) is 0 Å². The molecule has 0 aromatic heterocycles. The molecule has 0 aliphatic heterocycles. The summed E-state index contributed by atoms with van der Waals surface area (Å²) >= 11 is 0. The molecule has 0 saturated heterocycles. The molecule has 1 aromatic rings. The summed E-state index contributed by atoms with van der Waals surface area (Å²) in [5, 5.41) is 14.1. The average Bonchev–Trinajstić information content (AvgIpc) is 2.61. The van der Waals surface area contributed by atoms with E-state index in [4.69, 9.17) is 0 Å². The Hall–Kier alpha value is -1.91. The fraction of sp³-hybridized carbons (Fsp3) is 0.500. The number of nitrogens with one attached hydrogen (secondary N) is 1. The molecule has 0 unspecified atom stereocenters. The summed E-state index contributed by atoms with van der Waals surface area (Å²) in [4.78, 5) is 23.8. The molecule has 1 N–H and O–H groups in total. The minimum Gasteiger partial charge on any atom is -0.550 e. The van der Waals surface area contributed by atoms with Gasteiger partial charge in [-0.1, -0.05) is 26.8 Å². The summed E-state index contributed by atoms with van der Waals surface area (Å²) in [6.45, 7) is 5.16. The van der Waals surface area contributed by atoms with Crippen molar-refractivity contribution in [3.63, 3.8) is 0 Å². The zero-order valence-electron chi connectivity index (χ0n) is 12.4. The third kappa shape index (κ3) is 2.52. The van der Waals surface area contributed by atoms with Crippen molar-refractivity contribution in [2.75, 3.05) is 5.32 Å². The largest absolute Gasteiger partial charge is 0.550 e. The highest BCUT2D eigenvalue weighted by Gasteiger charge is 2.54. The normalized spacial score (nSPS) is 27.3. The molecule has 1 saturated carbocycles. The number of carbonyl (C=O) groups is 2. The number of carboxylic acid groups (broad SMARTS) is 1. The van der Waals surface area contributed by atoms with Crippen molar-refractivity contribution in [3.05, 3.63) is 30.1 Å². The summed E-state index contributed by atoms with van der Waals surface area (Å²) < 4.78 is 13.1. The first-order valence-corrected chi connectivity index (χ1v) is 6.96. The lowest BCUT2D eigenvalue weighted by Crippen LogP contribution is -2.49. The molecule has 1 fully saturated rings. The highest BCUT2D eigenvalue weighted by atomic mass is 19.1. The summed E-state index contributed by atoms with van der Waals surface area (Å²) in [6, 6.07) is 5.64. The van der Waals surface area contributed by atoms with Gasteiger partial charge in [-0.2, -0.15) is 0 Å². The van der Waals surface area contributed by atoms with Crippen molar-refractivity contribution >= 4 is 17.6 Å². The number of hydrogen-bond donors (Lipinski definition) is 1. The van der Waals surface area contributed by atoms with Crippen molar-refractivity contribution in [3.8, 4) is 0 Å². The van der Waals surface area contributed by atoms with E-state index < -0.39 is 28.5 Å². The predicted octanol–water partition coefficient (Wildman–Crippen LogP) is 1.96. The number of carbonyl (C=O) groups excluding carboxylic acids is 2. The summed E-state index contributed by atoms with van der Waals surface area (Å²) in [7, 11) is 0. The van der Waals surface area contributed by atoms with Crippen LogP contribution < -0.4 is 10.4 Å². The fourth-order valence-corrected chi connectivity index (χ4v) is 3.12. The number of hydrogen-bond acceptors (Lipinski definition) is 3. The van der Waals surface area contributed by atoms with Gasteiger partial charge in [-0.15, -0.1) is 0 Å². The van der Waals surface area contributed by atoms with Gasteiger partial charge < -0.3 is 15.2 Å². The van der Waals surface area contributed by atoms with E-state index in [1.54, 1.807) is 26.8 Å². The molecular weight excluding hydrogens is 273 g/mol. The molecule has 0 bridgehead atoms. The Labute approximate surface area is 123 Å². The second kappa shape index (κ2) is 5.13. The topological polar surface area (TPSA) is 69.2 Å². The first-order valence-electron chi connectivity index (χ1n) is 6.96. The lowest BCUT2D eigenvalue weighted by molar-refractivity contribution is -0.323. The third-order valence-electron chi connectivity index (χ3n) is 5.09. The van der Waals surface area contributed by atoms with E-state index in [1.807, 2.05) is 0 Å². The van der Waals surface area contributed by atoms with Gasteiger partial charge in [-0.05, 0) is 36.5 Å². The SMILES string of the molecule is CC1(C)[C@@H](C(=O)Nc2cccc(F)c2)CC[C@@]1(C)C(=O)[O-]. The van der Waals surface area contributed by atoms with E-state index in [0.29, 0.717) is 18.5 Å². The molecule has 1 aliphatic carbocycles. The number of aliphatic carboxylic acids is 1. The molecule has 0 spiro atoms. The van der Waals surface area contributed by atoms with Gasteiger partial charge in [-0.3, -0.25) is 4.79 Å². The van der Waals surface area contributed by atoms with E-state index in [-0.39, 0.29) is 5.91 Å². The number of carboxylic acids is 1. The Morgan fingerprint density at radius 2 is 2.00 bits per heavy atom. The van der Waals surface area contributed by atoms with Crippen LogP contribution in [-0.4, -0.2) is 11.9 Å². The van der Waals surface area contributed by atoms with Gasteiger partial charge in [0, 0.05) is 23.0 Å². The van der Waals surface area contributed by atoms with Crippen LogP contribution in [0.5, 0.6) is 0 Å². The van der Waals surface area contributed by atoms with Gasteiger partial charge in [0.05, 0.1) is 0 Å². The smallest absolute Gasteiger partial charge is 0.228 e. The van der Waals surface area contributed by atoms with Crippen LogP contribution in [0.15, 0.2) is 24.3 Å². The zero-order chi connectivity index (χ0) is 15.8. The van der Waals surface area contributed by atoms with Gasteiger partial charge in [0.1, 0.15) is 5.82 Å². The highest BCUT2D eigenvalue weighted by Crippen LogP contribution is 2.55. The average molecular weight is 292 g/mol. The molecule has 0 radical (unpaired) electrons. The van der Waals surface area contributed by atoms with Crippen LogP contribution in [0, 0.1) is 22.6 Å². The van der Waals surface area contributed by atoms with Crippen molar-refractivity contribution in [2.24, 2.45) is 16.7 Å². The zero-order valence-corrected chi connectivity index (χ0v) is 12.4. The number of rotatable bonds is 3. The standard InChI is InChI=1S/C16H20FNO3/c1-15(2)12(7-8-16(15,3)14(20)21)13(19)18-11-6-4-5-10(17)9-11/h4-6,9,12H,7-8H2,1-3H3,(H,18,19)(H,20,21)/p-1/t12-,16+/m1/s1.